The van der Waals surface area contributed by atoms with Gasteiger partial charge in [-0.1, -0.05) is 13.3 Å². The molecular formula is C11H27N3. The van der Waals surface area contributed by atoms with Crippen LogP contribution >= 0.6 is 0 Å². The van der Waals surface area contributed by atoms with Gasteiger partial charge in [0, 0.05) is 26.2 Å². The van der Waals surface area contributed by atoms with Crippen molar-refractivity contribution < 1.29 is 0 Å². The quantitative estimate of drug-likeness (QED) is 0.597. The minimum atomic E-state index is 1.08. The maximum atomic E-state index is 3.17. The van der Waals surface area contributed by atoms with Crippen LogP contribution in [0, 0.1) is 0 Å². The van der Waals surface area contributed by atoms with Crippen molar-refractivity contribution in [3.8, 4) is 0 Å². The molecule has 3 nitrogen and oxygen atoms in total. The van der Waals surface area contributed by atoms with Crippen LogP contribution in [0.25, 0.3) is 0 Å². The number of rotatable bonds is 9. The largest absolute Gasteiger partial charge is 0.318 e. The fraction of sp³-hybridized carbons (Fsp3) is 1.00. The van der Waals surface area contributed by atoms with Gasteiger partial charge in [-0.25, -0.2) is 0 Å². The predicted molar refractivity (Wildman–Crippen MR) is 63.8 cm³/mol. The molecule has 0 bridgehead atoms. The van der Waals surface area contributed by atoms with E-state index in [9.17, 15) is 0 Å². The highest BCUT2D eigenvalue weighted by atomic mass is 15.2. The first-order valence-electron chi connectivity index (χ1n) is 5.72. The third-order valence-corrected chi connectivity index (χ3v) is 2.50. The first-order chi connectivity index (χ1) is 6.70. The number of unbranched alkanes of at least 4 members (excludes halogenated alkanes) is 1. The van der Waals surface area contributed by atoms with E-state index in [2.05, 4.69) is 36.1 Å². The molecule has 0 aliphatic heterocycles. The highest BCUT2D eigenvalue weighted by Gasteiger charge is 2.00. The van der Waals surface area contributed by atoms with Crippen LogP contribution in [0.1, 0.15) is 19.8 Å². The standard InChI is InChI=1S/C11H27N3/c1-5-6-8-13(3)10-11-14(4)9-7-12-2/h12H,5-11H2,1-4H3. The third-order valence-electron chi connectivity index (χ3n) is 2.50. The second-order valence-corrected chi connectivity index (χ2v) is 4.06. The lowest BCUT2D eigenvalue weighted by atomic mass is 10.3. The molecule has 0 rings (SSSR count). The van der Waals surface area contributed by atoms with Gasteiger partial charge >= 0.3 is 0 Å². The molecule has 0 aromatic heterocycles. The lowest BCUT2D eigenvalue weighted by Gasteiger charge is -2.21. The maximum Gasteiger partial charge on any atom is 0.0107 e. The molecule has 0 heterocycles. The Hall–Kier alpha value is -0.120. The molecule has 0 atom stereocenters. The zero-order chi connectivity index (χ0) is 10.8. The van der Waals surface area contributed by atoms with Crippen molar-refractivity contribution in [2.45, 2.75) is 19.8 Å². The van der Waals surface area contributed by atoms with E-state index in [4.69, 9.17) is 0 Å². The second kappa shape index (κ2) is 9.44. The molecule has 3 heteroatoms. The number of hydrogen-bond donors (Lipinski definition) is 1. The summed E-state index contributed by atoms with van der Waals surface area (Å²) < 4.78 is 0. The third kappa shape index (κ3) is 8.48. The topological polar surface area (TPSA) is 18.5 Å². The molecule has 0 aromatic rings. The van der Waals surface area contributed by atoms with E-state index in [-0.39, 0.29) is 0 Å². The minimum Gasteiger partial charge on any atom is -0.318 e. The van der Waals surface area contributed by atoms with Crippen LogP contribution in [0.4, 0.5) is 0 Å². The van der Waals surface area contributed by atoms with Crippen molar-refractivity contribution in [3.05, 3.63) is 0 Å². The molecule has 0 spiro atoms. The van der Waals surface area contributed by atoms with Crippen molar-refractivity contribution in [3.63, 3.8) is 0 Å². The average Bonchev–Trinajstić information content (AvgIpc) is 2.20. The Balaban J connectivity index is 3.31. The summed E-state index contributed by atoms with van der Waals surface area (Å²) in [6, 6.07) is 0. The van der Waals surface area contributed by atoms with Gasteiger partial charge in [-0.3, -0.25) is 0 Å². The summed E-state index contributed by atoms with van der Waals surface area (Å²) in [5, 5.41) is 3.17. The van der Waals surface area contributed by atoms with Crippen LogP contribution in [-0.4, -0.2) is 63.7 Å². The monoisotopic (exact) mass is 201 g/mol. The fourth-order valence-corrected chi connectivity index (χ4v) is 1.30. The fourth-order valence-electron chi connectivity index (χ4n) is 1.30. The van der Waals surface area contributed by atoms with Gasteiger partial charge in [0.2, 0.25) is 0 Å². The van der Waals surface area contributed by atoms with Gasteiger partial charge in [-0.2, -0.15) is 0 Å². The van der Waals surface area contributed by atoms with Gasteiger partial charge in [0.15, 0.2) is 0 Å². The Labute approximate surface area is 89.5 Å². The van der Waals surface area contributed by atoms with E-state index in [0.29, 0.717) is 0 Å². The van der Waals surface area contributed by atoms with Crippen molar-refractivity contribution >= 4 is 0 Å². The van der Waals surface area contributed by atoms with Crippen LogP contribution in [0.3, 0.4) is 0 Å². The molecule has 0 saturated carbocycles. The minimum absolute atomic E-state index is 1.08. The van der Waals surface area contributed by atoms with E-state index in [0.717, 1.165) is 13.1 Å². The van der Waals surface area contributed by atoms with Crippen molar-refractivity contribution in [2.24, 2.45) is 0 Å². The maximum absolute atomic E-state index is 3.17. The van der Waals surface area contributed by atoms with E-state index in [1.165, 1.54) is 32.5 Å². The SMILES string of the molecule is CCCCN(C)CCN(C)CCNC. The van der Waals surface area contributed by atoms with Gasteiger partial charge in [-0.05, 0) is 34.1 Å². The zero-order valence-corrected chi connectivity index (χ0v) is 10.3. The molecule has 0 saturated heterocycles. The van der Waals surface area contributed by atoms with E-state index in [1.807, 2.05) is 7.05 Å². The summed E-state index contributed by atoms with van der Waals surface area (Å²) in [7, 11) is 6.40. The van der Waals surface area contributed by atoms with Crippen LogP contribution in [-0.2, 0) is 0 Å². The summed E-state index contributed by atoms with van der Waals surface area (Å²) in [4.78, 5) is 4.79. The van der Waals surface area contributed by atoms with Gasteiger partial charge in [0.25, 0.3) is 0 Å². The molecule has 0 aromatic carbocycles. The van der Waals surface area contributed by atoms with E-state index < -0.39 is 0 Å². The molecule has 0 fully saturated rings. The van der Waals surface area contributed by atoms with Crippen molar-refractivity contribution in [1.29, 1.82) is 0 Å². The Morgan fingerprint density at radius 2 is 1.50 bits per heavy atom. The Morgan fingerprint density at radius 1 is 0.929 bits per heavy atom. The number of likely N-dealkylation sites (N-methyl/N-ethyl adjacent to an activating group) is 3. The van der Waals surface area contributed by atoms with Gasteiger partial charge < -0.3 is 15.1 Å². The van der Waals surface area contributed by atoms with Crippen LogP contribution in [0.15, 0.2) is 0 Å². The van der Waals surface area contributed by atoms with E-state index in [1.54, 1.807) is 0 Å². The summed E-state index contributed by atoms with van der Waals surface area (Å²) in [6.45, 7) is 8.04. The molecule has 86 valence electrons. The molecule has 1 N–H and O–H groups in total. The van der Waals surface area contributed by atoms with Crippen LogP contribution in [0.5, 0.6) is 0 Å². The molecular weight excluding hydrogens is 174 g/mol. The molecule has 0 aliphatic rings. The van der Waals surface area contributed by atoms with Crippen LogP contribution in [0.2, 0.25) is 0 Å². The lowest BCUT2D eigenvalue weighted by Crippen LogP contribution is -2.34. The average molecular weight is 201 g/mol. The highest BCUT2D eigenvalue weighted by Crippen LogP contribution is 1.92. The van der Waals surface area contributed by atoms with Crippen molar-refractivity contribution in [2.75, 3.05) is 53.9 Å². The Bertz CT molecular complexity index is 103. The highest BCUT2D eigenvalue weighted by molar-refractivity contribution is 4.57. The normalized spacial score (nSPS) is 11.6. The number of hydrogen-bond acceptors (Lipinski definition) is 3. The molecule has 0 aliphatic carbocycles. The first kappa shape index (κ1) is 13.9. The lowest BCUT2D eigenvalue weighted by molar-refractivity contribution is 0.255. The van der Waals surface area contributed by atoms with Crippen molar-refractivity contribution in [1.82, 2.24) is 15.1 Å². The number of nitrogens with zero attached hydrogens (tertiary/aromatic N) is 2. The summed E-state index contributed by atoms with van der Waals surface area (Å²) in [5.74, 6) is 0. The smallest absolute Gasteiger partial charge is 0.0107 e. The zero-order valence-electron chi connectivity index (χ0n) is 10.3. The van der Waals surface area contributed by atoms with Crippen LogP contribution < -0.4 is 5.32 Å². The molecule has 14 heavy (non-hydrogen) atoms. The van der Waals surface area contributed by atoms with Gasteiger partial charge in [-0.15, -0.1) is 0 Å². The molecule has 0 unspecified atom stereocenters. The molecule has 0 radical (unpaired) electrons. The molecule has 0 amide bonds. The summed E-state index contributed by atoms with van der Waals surface area (Å²) in [6.07, 6.45) is 2.61. The summed E-state index contributed by atoms with van der Waals surface area (Å²) in [5.41, 5.74) is 0. The van der Waals surface area contributed by atoms with Gasteiger partial charge in [0.1, 0.15) is 0 Å². The Kier molecular flexibility index (Phi) is 9.35. The predicted octanol–water partition coefficient (Wildman–Crippen LogP) is 0.870. The summed E-state index contributed by atoms with van der Waals surface area (Å²) >= 11 is 0. The Morgan fingerprint density at radius 3 is 2.00 bits per heavy atom. The second-order valence-electron chi connectivity index (χ2n) is 4.06. The van der Waals surface area contributed by atoms with Gasteiger partial charge in [0.05, 0.1) is 0 Å². The first-order valence-corrected chi connectivity index (χ1v) is 5.72. The van der Waals surface area contributed by atoms with E-state index >= 15 is 0 Å². The number of nitrogens with one attached hydrogen (secondary N) is 1.